The van der Waals surface area contributed by atoms with Crippen LogP contribution in [0.25, 0.3) is 0 Å². The summed E-state index contributed by atoms with van der Waals surface area (Å²) in [6.45, 7) is 3.20. The van der Waals surface area contributed by atoms with Crippen LogP contribution in [0.2, 0.25) is 0 Å². The van der Waals surface area contributed by atoms with Gasteiger partial charge in [0.1, 0.15) is 6.10 Å². The van der Waals surface area contributed by atoms with Gasteiger partial charge in [-0.25, -0.2) is 0 Å². The Balaban J connectivity index is 1.18. The zero-order valence-electron chi connectivity index (χ0n) is 19.8. The normalized spacial score (nSPS) is 30.5. The molecule has 33 heavy (non-hydrogen) atoms. The molecule has 2 bridgehead atoms. The van der Waals surface area contributed by atoms with Gasteiger partial charge < -0.3 is 24.8 Å². The number of piperidine rings is 1. The van der Waals surface area contributed by atoms with Crippen molar-refractivity contribution in [3.05, 3.63) is 65.7 Å². The molecule has 3 aliphatic heterocycles. The van der Waals surface area contributed by atoms with Gasteiger partial charge in [-0.3, -0.25) is 4.90 Å². The first-order valence-corrected chi connectivity index (χ1v) is 12.3. The number of ether oxygens (including phenoxy) is 2. The molecule has 2 aromatic rings. The lowest BCUT2D eigenvalue weighted by molar-refractivity contribution is -0.186. The highest BCUT2D eigenvalue weighted by Crippen LogP contribution is 2.34. The molecule has 0 unspecified atom stereocenters. The molecule has 6 heteroatoms. The maximum absolute atomic E-state index is 11.4. The van der Waals surface area contributed by atoms with Gasteiger partial charge in [0, 0.05) is 26.3 Å². The van der Waals surface area contributed by atoms with E-state index in [0.29, 0.717) is 19.1 Å². The molecule has 3 fully saturated rings. The molecule has 0 aliphatic carbocycles. The van der Waals surface area contributed by atoms with Crippen LogP contribution in [-0.2, 0) is 22.4 Å². The number of hydrogen-bond donors (Lipinski definition) is 2. The van der Waals surface area contributed by atoms with E-state index in [1.54, 1.807) is 0 Å². The Morgan fingerprint density at radius 2 is 1.73 bits per heavy atom. The van der Waals surface area contributed by atoms with Crippen LogP contribution in [0, 0.1) is 5.92 Å². The maximum atomic E-state index is 11.4. The highest BCUT2D eigenvalue weighted by atomic mass is 16.7. The molecule has 0 aromatic heterocycles. The number of anilines is 1. The Morgan fingerprint density at radius 1 is 1.00 bits per heavy atom. The smallest absolute Gasteiger partial charge is 0.176 e. The molecule has 3 saturated heterocycles. The summed E-state index contributed by atoms with van der Waals surface area (Å²) in [5.41, 5.74) is 3.80. The molecule has 6 nitrogen and oxygen atoms in total. The first-order chi connectivity index (χ1) is 16.1. The summed E-state index contributed by atoms with van der Waals surface area (Å²) in [5.74, 6) is 0.696. The Morgan fingerprint density at radius 3 is 2.42 bits per heavy atom. The number of aliphatic hydroxyl groups is 1. The van der Waals surface area contributed by atoms with Crippen LogP contribution < -0.4 is 10.2 Å². The molecule has 0 amide bonds. The molecule has 178 valence electrons. The highest BCUT2D eigenvalue weighted by molar-refractivity contribution is 5.46. The quantitative estimate of drug-likeness (QED) is 0.675. The number of benzene rings is 2. The minimum absolute atomic E-state index is 0.0991. The van der Waals surface area contributed by atoms with Crippen LogP contribution in [0.3, 0.4) is 0 Å². The third-order valence-corrected chi connectivity index (χ3v) is 7.56. The number of aliphatic hydroxyl groups excluding tert-OH is 1. The van der Waals surface area contributed by atoms with Gasteiger partial charge in [-0.05, 0) is 61.5 Å². The van der Waals surface area contributed by atoms with Gasteiger partial charge in [-0.2, -0.15) is 0 Å². The Hall–Kier alpha value is -1.96. The number of nitrogens with one attached hydrogen (secondary N) is 1. The number of fused-ring (bicyclic) bond motifs is 2. The van der Waals surface area contributed by atoms with E-state index in [1.807, 2.05) is 14.1 Å². The Kier molecular flexibility index (Phi) is 6.99. The van der Waals surface area contributed by atoms with Gasteiger partial charge in [0.05, 0.1) is 24.8 Å². The second-order valence-corrected chi connectivity index (χ2v) is 9.99. The maximum Gasteiger partial charge on any atom is 0.176 e. The molecule has 5 rings (SSSR count). The first kappa shape index (κ1) is 22.8. The first-order valence-electron chi connectivity index (χ1n) is 12.3. The van der Waals surface area contributed by atoms with Gasteiger partial charge in [0.2, 0.25) is 0 Å². The standard InChI is InChI=1S/C27H37N3O3/c1-29(2)22-10-8-21(9-11-22)17-28-24-23-18-32-27(33-23)25(26(24)31)30-14-12-20(13-15-30)16-19-6-4-3-5-7-19/h3-11,20,23-28,31H,12-18H2,1-2H3/t23-,24-,25-,26+,27-/m1/s1. The molecule has 0 radical (unpaired) electrons. The lowest BCUT2D eigenvalue weighted by Crippen LogP contribution is -2.65. The number of likely N-dealkylation sites (tertiary alicyclic amines) is 1. The summed E-state index contributed by atoms with van der Waals surface area (Å²) in [6.07, 6.45) is 2.49. The highest BCUT2D eigenvalue weighted by Gasteiger charge is 2.52. The van der Waals surface area contributed by atoms with Crippen molar-refractivity contribution in [2.45, 2.75) is 56.4 Å². The summed E-state index contributed by atoms with van der Waals surface area (Å²) < 4.78 is 12.2. The Labute approximate surface area is 197 Å². The zero-order valence-corrected chi connectivity index (χ0v) is 19.8. The van der Waals surface area contributed by atoms with Crippen LogP contribution >= 0.6 is 0 Å². The molecule has 0 spiro atoms. The van der Waals surface area contributed by atoms with Crippen molar-refractivity contribution in [2.75, 3.05) is 38.7 Å². The van der Waals surface area contributed by atoms with Crippen LogP contribution in [0.5, 0.6) is 0 Å². The third-order valence-electron chi connectivity index (χ3n) is 7.56. The number of rotatable bonds is 7. The van der Waals surface area contributed by atoms with E-state index in [2.05, 4.69) is 69.7 Å². The van der Waals surface area contributed by atoms with Crippen molar-refractivity contribution >= 4 is 5.69 Å². The minimum atomic E-state index is -0.511. The fourth-order valence-electron chi connectivity index (χ4n) is 5.59. The second-order valence-electron chi connectivity index (χ2n) is 9.99. The summed E-state index contributed by atoms with van der Waals surface area (Å²) in [7, 11) is 4.09. The third kappa shape index (κ3) is 5.10. The average Bonchev–Trinajstić information content (AvgIpc) is 3.26. The molecule has 5 atom stereocenters. The lowest BCUT2D eigenvalue weighted by Gasteiger charge is -2.46. The number of hydrogen-bond acceptors (Lipinski definition) is 6. The fraction of sp³-hybridized carbons (Fsp3) is 0.556. The van der Waals surface area contributed by atoms with E-state index in [-0.39, 0.29) is 24.5 Å². The molecule has 2 N–H and O–H groups in total. The van der Waals surface area contributed by atoms with Gasteiger partial charge in [0.25, 0.3) is 0 Å². The molecular formula is C27H37N3O3. The monoisotopic (exact) mass is 451 g/mol. The van der Waals surface area contributed by atoms with Crippen LogP contribution in [0.15, 0.2) is 54.6 Å². The van der Waals surface area contributed by atoms with Crippen molar-refractivity contribution in [3.63, 3.8) is 0 Å². The van der Waals surface area contributed by atoms with Gasteiger partial charge >= 0.3 is 0 Å². The predicted molar refractivity (Wildman–Crippen MR) is 130 cm³/mol. The minimum Gasteiger partial charge on any atom is -0.390 e. The van der Waals surface area contributed by atoms with Crippen molar-refractivity contribution < 1.29 is 14.6 Å². The SMILES string of the molecule is CN(C)c1ccc(CN[C@H]2[C@H](O)[C@@H](N3CCC(Cc4ccccc4)CC3)[C@@H]3OC[C@H]2O3)cc1. The average molecular weight is 452 g/mol. The summed E-state index contributed by atoms with van der Waals surface area (Å²) in [5, 5.41) is 15.0. The molecule has 2 aromatic carbocycles. The van der Waals surface area contributed by atoms with Crippen LogP contribution in [0.1, 0.15) is 24.0 Å². The van der Waals surface area contributed by atoms with Crippen LogP contribution in [-0.4, -0.2) is 74.4 Å². The van der Waals surface area contributed by atoms with Crippen molar-refractivity contribution in [2.24, 2.45) is 5.92 Å². The van der Waals surface area contributed by atoms with Crippen molar-refractivity contribution in [1.29, 1.82) is 0 Å². The summed E-state index contributed by atoms with van der Waals surface area (Å²) in [4.78, 5) is 4.50. The van der Waals surface area contributed by atoms with E-state index < -0.39 is 6.10 Å². The molecule has 3 heterocycles. The van der Waals surface area contributed by atoms with Crippen LogP contribution in [0.4, 0.5) is 5.69 Å². The largest absolute Gasteiger partial charge is 0.390 e. The zero-order chi connectivity index (χ0) is 22.8. The summed E-state index contributed by atoms with van der Waals surface area (Å²) in [6, 6.07) is 19.1. The van der Waals surface area contributed by atoms with Crippen molar-refractivity contribution in [3.8, 4) is 0 Å². The van der Waals surface area contributed by atoms with E-state index in [0.717, 1.165) is 32.4 Å². The van der Waals surface area contributed by atoms with E-state index in [4.69, 9.17) is 9.47 Å². The van der Waals surface area contributed by atoms with Gasteiger partial charge in [-0.15, -0.1) is 0 Å². The molecule has 3 aliphatic rings. The van der Waals surface area contributed by atoms with E-state index in [9.17, 15) is 5.11 Å². The Bertz CT molecular complexity index is 883. The van der Waals surface area contributed by atoms with Gasteiger partial charge in [-0.1, -0.05) is 42.5 Å². The second kappa shape index (κ2) is 10.1. The number of nitrogens with zero attached hydrogens (tertiary/aromatic N) is 2. The van der Waals surface area contributed by atoms with Gasteiger partial charge in [0.15, 0.2) is 6.29 Å². The fourth-order valence-corrected chi connectivity index (χ4v) is 5.59. The van der Waals surface area contributed by atoms with E-state index >= 15 is 0 Å². The molecule has 0 saturated carbocycles. The summed E-state index contributed by atoms with van der Waals surface area (Å²) >= 11 is 0. The topological polar surface area (TPSA) is 57.2 Å². The molecular weight excluding hydrogens is 414 g/mol. The lowest BCUT2D eigenvalue weighted by atomic mass is 9.87. The predicted octanol–water partition coefficient (Wildman–Crippen LogP) is 2.65. The van der Waals surface area contributed by atoms with Crippen molar-refractivity contribution in [1.82, 2.24) is 10.2 Å². The van der Waals surface area contributed by atoms with E-state index in [1.165, 1.54) is 16.8 Å².